The average Bonchev–Trinajstić information content (AvgIpc) is 3.04. The van der Waals surface area contributed by atoms with Gasteiger partial charge >= 0.3 is 11.9 Å². The summed E-state index contributed by atoms with van der Waals surface area (Å²) in [5.74, 6) is 0.251. The van der Waals surface area contributed by atoms with E-state index < -0.39 is 6.10 Å². The van der Waals surface area contributed by atoms with Gasteiger partial charge in [0.05, 0.1) is 12.8 Å². The average molecular weight is 252 g/mol. The number of β-lactam (4-membered cyclic amide) rings is 1. The van der Waals surface area contributed by atoms with Crippen LogP contribution < -0.4 is 10.6 Å². The minimum absolute atomic E-state index is 0.136. The molecular weight excluding hydrogens is 236 g/mol. The summed E-state index contributed by atoms with van der Waals surface area (Å²) >= 11 is 0. The van der Waals surface area contributed by atoms with Crippen LogP contribution in [0.2, 0.25) is 0 Å². The van der Waals surface area contributed by atoms with Crippen LogP contribution in [0.4, 0.5) is 0 Å². The third kappa shape index (κ3) is 1.93. The molecule has 3 atom stereocenters. The van der Waals surface area contributed by atoms with Gasteiger partial charge in [-0.05, 0) is 12.1 Å². The first-order valence-corrected chi connectivity index (χ1v) is 6.21. The highest BCUT2D eigenvalue weighted by atomic mass is 16.6. The number of nitrogens with two attached hydrogens (primary N) is 2. The van der Waals surface area contributed by atoms with Crippen molar-refractivity contribution in [2.45, 2.75) is 31.0 Å². The van der Waals surface area contributed by atoms with Crippen molar-refractivity contribution >= 4 is 11.9 Å². The van der Waals surface area contributed by atoms with Crippen LogP contribution in [-0.2, 0) is 14.3 Å². The van der Waals surface area contributed by atoms with E-state index in [-0.39, 0.29) is 24.0 Å². The maximum Gasteiger partial charge on any atom is 0.366 e. The van der Waals surface area contributed by atoms with E-state index >= 15 is 0 Å². The van der Waals surface area contributed by atoms with E-state index in [0.717, 1.165) is 19.4 Å². The Morgan fingerprint density at radius 1 is 1.50 bits per heavy atom. The van der Waals surface area contributed by atoms with Gasteiger partial charge in [-0.1, -0.05) is 0 Å². The van der Waals surface area contributed by atoms with Crippen LogP contribution in [0.1, 0.15) is 24.6 Å². The lowest BCUT2D eigenvalue weighted by molar-refractivity contribution is -0.674. The predicted octanol–water partition coefficient (Wildman–Crippen LogP) is -1.94. The van der Waals surface area contributed by atoms with Crippen molar-refractivity contribution in [2.24, 2.45) is 0 Å². The zero-order chi connectivity index (χ0) is 12.5. The van der Waals surface area contributed by atoms with Gasteiger partial charge in [0.1, 0.15) is 0 Å². The number of hydrogen-bond acceptors (Lipinski definition) is 4. The zero-order valence-electron chi connectivity index (χ0n) is 9.87. The molecule has 0 spiro atoms. The standard InChI is InChI=1S/C12H14N2O4/c15-11-10(9(14-11)8-4-2-6-17-8)18-12(16)7-3-1-5-13-7/h2,4,6-7,9-10,13H,1,3,5H2,(H,14,15)/p+2. The summed E-state index contributed by atoms with van der Waals surface area (Å²) in [6.45, 7) is 0.951. The summed E-state index contributed by atoms with van der Waals surface area (Å²) in [6, 6.07) is 3.18. The first-order valence-electron chi connectivity index (χ1n) is 6.21. The Kier molecular flexibility index (Phi) is 2.89. The van der Waals surface area contributed by atoms with Gasteiger partial charge in [-0.25, -0.2) is 9.59 Å². The molecule has 1 amide bonds. The highest BCUT2D eigenvalue weighted by Gasteiger charge is 2.52. The highest BCUT2D eigenvalue weighted by Crippen LogP contribution is 2.21. The van der Waals surface area contributed by atoms with E-state index in [2.05, 4.69) is 0 Å². The van der Waals surface area contributed by atoms with Crippen molar-refractivity contribution in [3.8, 4) is 0 Å². The summed E-state index contributed by atoms with van der Waals surface area (Å²) in [7, 11) is 0. The van der Waals surface area contributed by atoms with Crippen molar-refractivity contribution in [1.29, 1.82) is 0 Å². The quantitative estimate of drug-likeness (QED) is 0.484. The lowest BCUT2D eigenvalue weighted by Gasteiger charge is -2.29. The summed E-state index contributed by atoms with van der Waals surface area (Å²) in [4.78, 5) is 23.4. The first kappa shape index (κ1) is 11.4. The van der Waals surface area contributed by atoms with Crippen LogP contribution in [0.15, 0.2) is 22.8 Å². The zero-order valence-corrected chi connectivity index (χ0v) is 9.87. The molecule has 6 heteroatoms. The lowest BCUT2D eigenvalue weighted by atomic mass is 9.99. The van der Waals surface area contributed by atoms with Crippen LogP contribution in [0.3, 0.4) is 0 Å². The van der Waals surface area contributed by atoms with E-state index in [9.17, 15) is 9.59 Å². The second-order valence-corrected chi connectivity index (χ2v) is 4.74. The molecule has 0 bridgehead atoms. The fraction of sp³-hybridized carbons (Fsp3) is 0.500. The number of hydrogen-bond donors (Lipinski definition) is 2. The molecule has 3 rings (SSSR count). The number of quaternary nitrogens is 2. The van der Waals surface area contributed by atoms with Crippen molar-refractivity contribution in [1.82, 2.24) is 0 Å². The molecule has 0 saturated carbocycles. The van der Waals surface area contributed by atoms with Crippen LogP contribution in [0, 0.1) is 0 Å². The number of furan rings is 1. The van der Waals surface area contributed by atoms with Gasteiger partial charge in [-0.2, -0.15) is 0 Å². The molecule has 0 aromatic carbocycles. The molecule has 0 aliphatic carbocycles. The maximum atomic E-state index is 11.9. The number of amides is 1. The molecule has 4 N–H and O–H groups in total. The number of rotatable bonds is 3. The minimum Gasteiger partial charge on any atom is -0.463 e. The molecule has 1 aromatic heterocycles. The Balaban J connectivity index is 1.64. The van der Waals surface area contributed by atoms with Crippen LogP contribution in [-0.4, -0.2) is 30.6 Å². The summed E-state index contributed by atoms with van der Waals surface area (Å²) in [5, 5.41) is 3.51. The SMILES string of the molecule is O=C(OC1C(=O)[NH2+]C1c1ccco1)C1CCC[NH2+]1. The lowest BCUT2D eigenvalue weighted by Crippen LogP contribution is -3.03. The Labute approximate surface area is 104 Å². The van der Waals surface area contributed by atoms with Crippen LogP contribution >= 0.6 is 0 Å². The van der Waals surface area contributed by atoms with Crippen molar-refractivity contribution in [3.63, 3.8) is 0 Å². The number of esters is 1. The van der Waals surface area contributed by atoms with Crippen molar-refractivity contribution in [2.75, 3.05) is 6.54 Å². The number of carbonyl (C=O) groups excluding carboxylic acids is 2. The molecule has 0 radical (unpaired) electrons. The van der Waals surface area contributed by atoms with Gasteiger partial charge in [0, 0.05) is 12.8 Å². The Morgan fingerprint density at radius 3 is 3.00 bits per heavy atom. The monoisotopic (exact) mass is 252 g/mol. The molecule has 2 saturated heterocycles. The number of primary amides is 1. The van der Waals surface area contributed by atoms with Gasteiger partial charge in [0.2, 0.25) is 6.04 Å². The third-order valence-electron chi connectivity index (χ3n) is 3.54. The van der Waals surface area contributed by atoms with Crippen LogP contribution in [0.25, 0.3) is 0 Å². The van der Waals surface area contributed by atoms with E-state index in [4.69, 9.17) is 9.15 Å². The molecule has 3 heterocycles. The van der Waals surface area contributed by atoms with Gasteiger partial charge in [-0.3, -0.25) is 5.32 Å². The summed E-state index contributed by atoms with van der Waals surface area (Å²) in [5.41, 5.74) is 0. The van der Waals surface area contributed by atoms with E-state index in [1.165, 1.54) is 5.32 Å². The van der Waals surface area contributed by atoms with E-state index in [0.29, 0.717) is 5.76 Å². The summed E-state index contributed by atoms with van der Waals surface area (Å²) < 4.78 is 10.5. The van der Waals surface area contributed by atoms with Crippen LogP contribution in [0.5, 0.6) is 0 Å². The normalized spacial score (nSPS) is 31.1. The van der Waals surface area contributed by atoms with Gasteiger partial charge < -0.3 is 14.5 Å². The fourth-order valence-electron chi connectivity index (χ4n) is 2.46. The number of carbonyl (C=O) groups is 2. The molecule has 1 aromatic rings. The molecular formula is C12H16N2O4+2. The van der Waals surface area contributed by atoms with Gasteiger partial charge in [-0.15, -0.1) is 0 Å². The Hall–Kier alpha value is -1.66. The molecule has 2 aliphatic heterocycles. The molecule has 2 fully saturated rings. The molecule has 96 valence electrons. The van der Waals surface area contributed by atoms with Crippen molar-refractivity contribution < 1.29 is 29.4 Å². The fourth-order valence-corrected chi connectivity index (χ4v) is 2.46. The maximum absolute atomic E-state index is 11.9. The molecule has 6 nitrogen and oxygen atoms in total. The van der Waals surface area contributed by atoms with E-state index in [1.807, 2.05) is 5.32 Å². The molecule has 2 aliphatic rings. The second kappa shape index (κ2) is 4.55. The second-order valence-electron chi connectivity index (χ2n) is 4.74. The largest absolute Gasteiger partial charge is 0.463 e. The third-order valence-corrected chi connectivity index (χ3v) is 3.54. The summed E-state index contributed by atoms with van der Waals surface area (Å²) in [6.07, 6.45) is 2.70. The smallest absolute Gasteiger partial charge is 0.366 e. The van der Waals surface area contributed by atoms with E-state index in [1.54, 1.807) is 18.4 Å². The van der Waals surface area contributed by atoms with Gasteiger partial charge in [0.15, 0.2) is 11.8 Å². The Morgan fingerprint density at radius 2 is 2.39 bits per heavy atom. The highest BCUT2D eigenvalue weighted by molar-refractivity contribution is 5.82. The van der Waals surface area contributed by atoms with Crippen molar-refractivity contribution in [3.05, 3.63) is 24.2 Å². The first-order chi connectivity index (χ1) is 8.75. The molecule has 18 heavy (non-hydrogen) atoms. The van der Waals surface area contributed by atoms with Gasteiger partial charge in [0.25, 0.3) is 6.10 Å². The number of ether oxygens (including phenoxy) is 1. The topological polar surface area (TPSA) is 89.7 Å². The molecule has 3 unspecified atom stereocenters. The minimum atomic E-state index is -0.697. The Bertz CT molecular complexity index is 451. The predicted molar refractivity (Wildman–Crippen MR) is 58.1 cm³/mol.